The minimum Gasteiger partial charge on any atom is -0.362 e. The third-order valence-electron chi connectivity index (χ3n) is 7.97. The summed E-state index contributed by atoms with van der Waals surface area (Å²) in [6.45, 7) is 0. The van der Waals surface area contributed by atoms with Gasteiger partial charge in [-0.15, -0.1) is 0 Å². The summed E-state index contributed by atoms with van der Waals surface area (Å²) in [6, 6.07) is 33.1. The fourth-order valence-corrected chi connectivity index (χ4v) is 6.11. The van der Waals surface area contributed by atoms with Gasteiger partial charge in [0.05, 0.1) is 11.8 Å². The van der Waals surface area contributed by atoms with Crippen molar-refractivity contribution >= 4 is 51.5 Å². The third-order valence-corrected chi connectivity index (χ3v) is 7.97. The maximum atomic E-state index is 5.17. The Morgan fingerprint density at radius 3 is 1.73 bits per heavy atom. The summed E-state index contributed by atoms with van der Waals surface area (Å²) in [5, 5.41) is 5.71. The third kappa shape index (κ3) is 3.09. The van der Waals surface area contributed by atoms with Gasteiger partial charge in [-0.2, -0.15) is 0 Å². The average Bonchev–Trinajstić information content (AvgIpc) is 3.73. The van der Waals surface area contributed by atoms with E-state index in [2.05, 4.69) is 71.0 Å². The van der Waals surface area contributed by atoms with E-state index in [1.165, 1.54) is 5.56 Å². The van der Waals surface area contributed by atoms with E-state index in [1.54, 1.807) is 0 Å². The highest BCUT2D eigenvalue weighted by molar-refractivity contribution is 6.27. The van der Waals surface area contributed by atoms with Crippen molar-refractivity contribution in [1.82, 2.24) is 10.3 Å². The Morgan fingerprint density at radius 2 is 1.02 bits per heavy atom. The molecule has 0 radical (unpaired) electrons. The number of fused-ring (bicyclic) bond motifs is 18. The maximum Gasteiger partial charge on any atom is 0.164 e. The molecule has 8 bridgehead atoms. The Morgan fingerprint density at radius 1 is 0.500 bits per heavy atom. The molecule has 1 aliphatic carbocycles. The molecule has 9 rings (SSSR count). The number of H-pyrrole nitrogens is 1. The average molecular weight is 516 g/mol. The van der Waals surface area contributed by atoms with Crippen molar-refractivity contribution in [3.63, 3.8) is 0 Å². The van der Waals surface area contributed by atoms with Crippen LogP contribution in [-0.4, -0.2) is 34.0 Å². The number of nitrogens with zero attached hydrogens (tertiary/aromatic N) is 5. The quantitative estimate of drug-likeness (QED) is 0.246. The second-order valence-electron chi connectivity index (χ2n) is 10.3. The van der Waals surface area contributed by atoms with E-state index in [0.717, 1.165) is 62.4 Å². The van der Waals surface area contributed by atoms with Crippen LogP contribution in [0.4, 0.5) is 11.6 Å². The molecule has 0 amide bonds. The van der Waals surface area contributed by atoms with Crippen LogP contribution in [0.25, 0.3) is 10.8 Å². The molecule has 1 atom stereocenters. The number of amidine groups is 4. The van der Waals surface area contributed by atoms with Crippen molar-refractivity contribution < 1.29 is 0 Å². The molecule has 0 saturated heterocycles. The molecule has 1 unspecified atom stereocenters. The van der Waals surface area contributed by atoms with E-state index in [0.29, 0.717) is 23.3 Å². The summed E-state index contributed by atoms with van der Waals surface area (Å²) < 4.78 is 0. The monoisotopic (exact) mass is 515 g/mol. The number of rotatable bonds is 0. The van der Waals surface area contributed by atoms with Crippen LogP contribution in [0.1, 0.15) is 45.8 Å². The van der Waals surface area contributed by atoms with E-state index in [-0.39, 0.29) is 6.04 Å². The van der Waals surface area contributed by atoms with Gasteiger partial charge in [0.1, 0.15) is 17.5 Å². The van der Waals surface area contributed by atoms with Gasteiger partial charge in [-0.3, -0.25) is 0 Å². The second-order valence-corrected chi connectivity index (χ2v) is 10.3. The van der Waals surface area contributed by atoms with Gasteiger partial charge in [0.25, 0.3) is 0 Å². The lowest BCUT2D eigenvalue weighted by Crippen LogP contribution is -2.27. The highest BCUT2D eigenvalue weighted by Crippen LogP contribution is 2.38. The summed E-state index contributed by atoms with van der Waals surface area (Å²) in [7, 11) is 0. The number of hydrogen-bond donors (Lipinski definition) is 2. The molecule has 188 valence electrons. The fraction of sp³-hybridized carbons (Fsp3) is 0.0606. The first-order valence-electron chi connectivity index (χ1n) is 13.4. The SMILES string of the molecule is c1ccc2c(c1)C1=N/C2=N\c2[nH]c(c3ccccc23)/N=C2\N=C(NC3CC(=N1)c1ccccc13)c1ccccc12. The predicted octanol–water partition coefficient (Wildman–Crippen LogP) is 6.38. The summed E-state index contributed by atoms with van der Waals surface area (Å²) >= 11 is 0. The lowest BCUT2D eigenvalue weighted by atomic mass is 10.1. The molecule has 0 spiro atoms. The Kier molecular flexibility index (Phi) is 4.32. The van der Waals surface area contributed by atoms with Gasteiger partial charge < -0.3 is 10.3 Å². The van der Waals surface area contributed by atoms with Gasteiger partial charge in [-0.1, -0.05) is 97.1 Å². The number of hydrogen-bond acceptors (Lipinski definition) is 6. The highest BCUT2D eigenvalue weighted by atomic mass is 15.1. The van der Waals surface area contributed by atoms with Gasteiger partial charge in [0.2, 0.25) is 0 Å². The zero-order valence-corrected chi connectivity index (χ0v) is 21.3. The largest absolute Gasteiger partial charge is 0.362 e. The first-order chi connectivity index (χ1) is 19.8. The van der Waals surface area contributed by atoms with Gasteiger partial charge in [-0.25, -0.2) is 25.0 Å². The van der Waals surface area contributed by atoms with Crippen LogP contribution >= 0.6 is 0 Å². The van der Waals surface area contributed by atoms with E-state index >= 15 is 0 Å². The van der Waals surface area contributed by atoms with Crippen LogP contribution in [0.5, 0.6) is 0 Å². The molecule has 40 heavy (non-hydrogen) atoms. The van der Waals surface area contributed by atoms with E-state index in [1.807, 2.05) is 36.4 Å². The van der Waals surface area contributed by atoms with Crippen LogP contribution in [0.15, 0.2) is 122 Å². The normalized spacial score (nSPS) is 20.7. The van der Waals surface area contributed by atoms with Gasteiger partial charge in [0.15, 0.2) is 17.5 Å². The standard InChI is InChI=1S/C33H21N7/c1-2-10-19-18(9-1)26-17-27(19)35-29-21-12-4-6-14-23(21)31(37-29)39-33-25-16-8-7-15-24(25)32(40-33)38-30-22-13-5-3-11-20(22)28(34-26)36-30/h1-16,26,40H,17H2,(H,34,36,38)/b35-27?,39-31-. The van der Waals surface area contributed by atoms with Crippen LogP contribution in [0.2, 0.25) is 0 Å². The zero-order valence-electron chi connectivity index (χ0n) is 21.3. The van der Waals surface area contributed by atoms with Crippen LogP contribution < -0.4 is 5.32 Å². The van der Waals surface area contributed by atoms with Gasteiger partial charge in [0, 0.05) is 45.0 Å². The van der Waals surface area contributed by atoms with Crippen molar-refractivity contribution in [2.24, 2.45) is 25.0 Å². The lowest BCUT2D eigenvalue weighted by molar-refractivity contribution is 0.696. The Labute approximate surface area is 229 Å². The van der Waals surface area contributed by atoms with E-state index in [4.69, 9.17) is 25.0 Å². The molecule has 2 N–H and O–H groups in total. The summed E-state index contributed by atoms with van der Waals surface area (Å²) in [6.07, 6.45) is 0.725. The van der Waals surface area contributed by atoms with Gasteiger partial charge in [-0.05, 0) is 5.56 Å². The molecule has 7 heteroatoms. The summed E-state index contributed by atoms with van der Waals surface area (Å²) in [5.74, 6) is 4.25. The molecular weight excluding hydrogens is 494 g/mol. The first kappa shape index (κ1) is 21.5. The Bertz CT molecular complexity index is 2070. The second kappa shape index (κ2) is 8.04. The van der Waals surface area contributed by atoms with E-state index < -0.39 is 0 Å². The number of aliphatic imine (C=N–C) groups is 5. The smallest absolute Gasteiger partial charge is 0.164 e. The molecule has 4 aliphatic rings. The molecule has 4 heterocycles. The van der Waals surface area contributed by atoms with Gasteiger partial charge >= 0.3 is 0 Å². The Hall–Kier alpha value is -5.43. The van der Waals surface area contributed by atoms with Crippen LogP contribution in [0.3, 0.4) is 0 Å². The number of benzene rings is 4. The first-order valence-corrected chi connectivity index (χ1v) is 13.4. The highest BCUT2D eigenvalue weighted by Gasteiger charge is 2.32. The maximum absolute atomic E-state index is 5.17. The van der Waals surface area contributed by atoms with Crippen LogP contribution in [0, 0.1) is 0 Å². The number of aromatic amines is 1. The minimum atomic E-state index is 0.0253. The molecule has 7 nitrogen and oxygen atoms in total. The molecule has 3 aliphatic heterocycles. The number of aromatic nitrogens is 1. The summed E-state index contributed by atoms with van der Waals surface area (Å²) in [5.41, 5.74) is 7.34. The van der Waals surface area contributed by atoms with Crippen molar-refractivity contribution in [2.75, 3.05) is 0 Å². The minimum absolute atomic E-state index is 0.0253. The summed E-state index contributed by atoms with van der Waals surface area (Å²) in [4.78, 5) is 28.7. The van der Waals surface area contributed by atoms with Crippen molar-refractivity contribution in [1.29, 1.82) is 0 Å². The fourth-order valence-electron chi connectivity index (χ4n) is 6.11. The molecule has 1 aromatic heterocycles. The molecular formula is C33H21N7. The molecule has 5 aromatic rings. The van der Waals surface area contributed by atoms with Crippen LogP contribution in [-0.2, 0) is 0 Å². The molecule has 0 fully saturated rings. The van der Waals surface area contributed by atoms with E-state index in [9.17, 15) is 0 Å². The molecule has 4 aromatic carbocycles. The lowest BCUT2D eigenvalue weighted by Gasteiger charge is -2.15. The zero-order chi connectivity index (χ0) is 26.2. The number of nitrogens with one attached hydrogen (secondary N) is 2. The van der Waals surface area contributed by atoms with Crippen molar-refractivity contribution in [3.05, 3.63) is 130 Å². The van der Waals surface area contributed by atoms with Crippen molar-refractivity contribution in [2.45, 2.75) is 12.5 Å². The molecule has 0 saturated carbocycles. The topological polar surface area (TPSA) is 89.6 Å². The van der Waals surface area contributed by atoms with Crippen molar-refractivity contribution in [3.8, 4) is 0 Å². The predicted molar refractivity (Wildman–Crippen MR) is 160 cm³/mol. The Balaban J connectivity index is 1.34.